The molecular formula is C12H15N3O. The predicted molar refractivity (Wildman–Crippen MR) is 57.6 cm³/mol. The molecule has 1 aromatic rings. The van der Waals surface area contributed by atoms with Crippen molar-refractivity contribution in [3.05, 3.63) is 18.2 Å². The number of hydrogen-bond donors (Lipinski definition) is 0. The van der Waals surface area contributed by atoms with Crippen LogP contribution in [-0.4, -0.2) is 26.9 Å². The fourth-order valence-electron chi connectivity index (χ4n) is 3.59. The van der Waals surface area contributed by atoms with Crippen molar-refractivity contribution >= 4 is 5.91 Å². The quantitative estimate of drug-likeness (QED) is 0.707. The van der Waals surface area contributed by atoms with Crippen LogP contribution in [-0.2, 0) is 16.9 Å². The lowest BCUT2D eigenvalue weighted by Crippen LogP contribution is -2.53. The number of aromatic nitrogens is 2. The second-order valence-electron chi connectivity index (χ2n) is 5.20. The minimum Gasteiger partial charge on any atom is -0.318 e. The third-order valence-electron chi connectivity index (χ3n) is 4.43. The van der Waals surface area contributed by atoms with Crippen molar-refractivity contribution in [1.82, 2.24) is 14.5 Å². The number of hydrogen-bond acceptors (Lipinski definition) is 2. The Balaban J connectivity index is 1.92. The van der Waals surface area contributed by atoms with Gasteiger partial charge in [-0.25, -0.2) is 4.98 Å². The Morgan fingerprint density at radius 3 is 3.06 bits per heavy atom. The van der Waals surface area contributed by atoms with Gasteiger partial charge in [-0.3, -0.25) is 4.79 Å². The first-order valence-electron chi connectivity index (χ1n) is 6.14. The van der Waals surface area contributed by atoms with Crippen LogP contribution in [0.1, 0.15) is 31.4 Å². The SMILES string of the molecule is O=C1CCC2(C3CC3)N1CCc1cncn12. The van der Waals surface area contributed by atoms with Gasteiger partial charge in [0.25, 0.3) is 0 Å². The highest BCUT2D eigenvalue weighted by molar-refractivity contribution is 5.79. The van der Waals surface area contributed by atoms with Crippen molar-refractivity contribution in [1.29, 1.82) is 0 Å². The van der Waals surface area contributed by atoms with Crippen LogP contribution in [0.5, 0.6) is 0 Å². The Kier molecular flexibility index (Phi) is 1.47. The lowest BCUT2D eigenvalue weighted by molar-refractivity contribution is -0.136. The van der Waals surface area contributed by atoms with Gasteiger partial charge in [0.15, 0.2) is 0 Å². The molecule has 3 heterocycles. The lowest BCUT2D eigenvalue weighted by atomic mass is 9.97. The summed E-state index contributed by atoms with van der Waals surface area (Å²) < 4.78 is 2.29. The minimum absolute atomic E-state index is 0.0266. The Bertz CT molecular complexity index is 463. The molecule has 1 saturated carbocycles. The van der Waals surface area contributed by atoms with Crippen molar-refractivity contribution in [2.45, 2.75) is 37.8 Å². The molecule has 3 aliphatic rings. The molecule has 4 heteroatoms. The van der Waals surface area contributed by atoms with Crippen LogP contribution < -0.4 is 0 Å². The first kappa shape index (κ1) is 8.79. The molecule has 1 amide bonds. The van der Waals surface area contributed by atoms with Gasteiger partial charge in [-0.15, -0.1) is 0 Å². The number of fused-ring (bicyclic) bond motifs is 3. The first-order valence-corrected chi connectivity index (χ1v) is 6.14. The number of carbonyl (C=O) groups is 1. The number of imidazole rings is 1. The molecule has 0 aromatic carbocycles. The van der Waals surface area contributed by atoms with Gasteiger partial charge in [-0.05, 0) is 19.3 Å². The van der Waals surface area contributed by atoms with Crippen LogP contribution >= 0.6 is 0 Å². The summed E-state index contributed by atoms with van der Waals surface area (Å²) in [5, 5.41) is 0. The molecule has 2 aliphatic heterocycles. The zero-order valence-corrected chi connectivity index (χ0v) is 9.22. The number of nitrogens with zero attached hydrogens (tertiary/aromatic N) is 3. The molecule has 1 aromatic heterocycles. The van der Waals surface area contributed by atoms with Gasteiger partial charge in [0.05, 0.1) is 6.33 Å². The molecule has 0 radical (unpaired) electrons. The van der Waals surface area contributed by atoms with Gasteiger partial charge in [-0.2, -0.15) is 0 Å². The average Bonchev–Trinajstić information content (AvgIpc) is 2.93. The van der Waals surface area contributed by atoms with E-state index in [1.807, 2.05) is 12.5 Å². The molecule has 1 saturated heterocycles. The standard InChI is InChI=1S/C12H15N3O/c16-11-3-5-12(9-1-2-9)14(11)6-4-10-7-13-8-15(10)12/h7-9H,1-6H2. The van der Waals surface area contributed by atoms with Gasteiger partial charge in [0.1, 0.15) is 5.66 Å². The fraction of sp³-hybridized carbons (Fsp3) is 0.667. The van der Waals surface area contributed by atoms with Crippen molar-refractivity contribution in [3.8, 4) is 0 Å². The molecule has 0 spiro atoms. The monoisotopic (exact) mass is 217 g/mol. The van der Waals surface area contributed by atoms with Crippen LogP contribution in [0.25, 0.3) is 0 Å². The van der Waals surface area contributed by atoms with E-state index >= 15 is 0 Å². The molecule has 2 fully saturated rings. The average molecular weight is 217 g/mol. The predicted octanol–water partition coefficient (Wildman–Crippen LogP) is 1.12. The van der Waals surface area contributed by atoms with Crippen molar-refractivity contribution in [2.24, 2.45) is 5.92 Å². The maximum absolute atomic E-state index is 12.0. The van der Waals surface area contributed by atoms with E-state index in [1.165, 1.54) is 18.5 Å². The van der Waals surface area contributed by atoms with Gasteiger partial charge in [-0.1, -0.05) is 0 Å². The van der Waals surface area contributed by atoms with Crippen LogP contribution in [0, 0.1) is 5.92 Å². The fourth-order valence-corrected chi connectivity index (χ4v) is 3.59. The van der Waals surface area contributed by atoms with Gasteiger partial charge in [0.2, 0.25) is 5.91 Å². The highest BCUT2D eigenvalue weighted by Crippen LogP contribution is 2.53. The summed E-state index contributed by atoms with van der Waals surface area (Å²) in [7, 11) is 0. The summed E-state index contributed by atoms with van der Waals surface area (Å²) in [6.45, 7) is 0.890. The Hall–Kier alpha value is -1.32. The normalized spacial score (nSPS) is 32.8. The van der Waals surface area contributed by atoms with Crippen LogP contribution in [0.2, 0.25) is 0 Å². The molecule has 84 valence electrons. The molecule has 4 nitrogen and oxygen atoms in total. The summed E-state index contributed by atoms with van der Waals surface area (Å²) >= 11 is 0. The molecular weight excluding hydrogens is 202 g/mol. The number of rotatable bonds is 1. The lowest BCUT2D eigenvalue weighted by Gasteiger charge is -2.44. The second kappa shape index (κ2) is 2.67. The Morgan fingerprint density at radius 1 is 1.38 bits per heavy atom. The highest BCUT2D eigenvalue weighted by Gasteiger charge is 2.57. The van der Waals surface area contributed by atoms with Gasteiger partial charge >= 0.3 is 0 Å². The number of amides is 1. The summed E-state index contributed by atoms with van der Waals surface area (Å²) in [6.07, 6.45) is 9.08. The Labute approximate surface area is 94.3 Å². The van der Waals surface area contributed by atoms with E-state index in [0.717, 1.165) is 19.4 Å². The largest absolute Gasteiger partial charge is 0.318 e. The van der Waals surface area contributed by atoms with E-state index < -0.39 is 0 Å². The van der Waals surface area contributed by atoms with Crippen molar-refractivity contribution in [3.63, 3.8) is 0 Å². The smallest absolute Gasteiger partial charge is 0.224 e. The topological polar surface area (TPSA) is 38.1 Å². The van der Waals surface area contributed by atoms with E-state index in [9.17, 15) is 4.79 Å². The number of carbonyl (C=O) groups excluding carboxylic acids is 1. The molecule has 1 atom stereocenters. The maximum atomic E-state index is 12.0. The van der Waals surface area contributed by atoms with Gasteiger partial charge in [0, 0.05) is 37.2 Å². The van der Waals surface area contributed by atoms with E-state index in [2.05, 4.69) is 14.5 Å². The molecule has 1 aliphatic carbocycles. The van der Waals surface area contributed by atoms with E-state index in [4.69, 9.17) is 0 Å². The van der Waals surface area contributed by atoms with Gasteiger partial charge < -0.3 is 9.47 Å². The van der Waals surface area contributed by atoms with Crippen LogP contribution in [0.4, 0.5) is 0 Å². The summed E-state index contributed by atoms with van der Waals surface area (Å²) in [5.41, 5.74) is 1.28. The molecule has 16 heavy (non-hydrogen) atoms. The zero-order chi connectivity index (χ0) is 10.8. The highest BCUT2D eigenvalue weighted by atomic mass is 16.2. The third kappa shape index (κ3) is 0.867. The van der Waals surface area contributed by atoms with Crippen LogP contribution in [0.3, 0.4) is 0 Å². The van der Waals surface area contributed by atoms with E-state index in [-0.39, 0.29) is 5.66 Å². The van der Waals surface area contributed by atoms with E-state index in [1.54, 1.807) is 0 Å². The summed E-state index contributed by atoms with van der Waals surface area (Å²) in [4.78, 5) is 18.4. The van der Waals surface area contributed by atoms with Crippen LogP contribution in [0.15, 0.2) is 12.5 Å². The van der Waals surface area contributed by atoms with Crippen molar-refractivity contribution in [2.75, 3.05) is 6.54 Å². The minimum atomic E-state index is -0.0266. The molecule has 1 unspecified atom stereocenters. The molecule has 0 bridgehead atoms. The zero-order valence-electron chi connectivity index (χ0n) is 9.22. The van der Waals surface area contributed by atoms with E-state index in [0.29, 0.717) is 18.2 Å². The molecule has 0 N–H and O–H groups in total. The second-order valence-corrected chi connectivity index (χ2v) is 5.20. The summed E-state index contributed by atoms with van der Waals surface area (Å²) in [6, 6.07) is 0. The third-order valence-corrected chi connectivity index (χ3v) is 4.43. The first-order chi connectivity index (χ1) is 7.82. The Morgan fingerprint density at radius 2 is 2.25 bits per heavy atom. The maximum Gasteiger partial charge on any atom is 0.224 e. The molecule has 4 rings (SSSR count). The summed E-state index contributed by atoms with van der Waals surface area (Å²) in [5.74, 6) is 1.01. The van der Waals surface area contributed by atoms with Crippen molar-refractivity contribution < 1.29 is 4.79 Å².